The maximum Gasteiger partial charge on any atom is 0.322 e. The second-order valence-electron chi connectivity index (χ2n) is 4.40. The summed E-state index contributed by atoms with van der Waals surface area (Å²) in [5, 5.41) is 9.16. The highest BCUT2D eigenvalue weighted by Crippen LogP contribution is 2.25. The molecule has 0 aromatic heterocycles. The molecule has 8 heteroatoms. The highest BCUT2D eigenvalue weighted by molar-refractivity contribution is 9.10. The Balaban J connectivity index is 3.13. The van der Waals surface area contributed by atoms with Crippen LogP contribution < -0.4 is 4.72 Å². The van der Waals surface area contributed by atoms with E-state index in [0.717, 1.165) is 0 Å². The van der Waals surface area contributed by atoms with E-state index in [0.29, 0.717) is 10.9 Å². The van der Waals surface area contributed by atoms with Crippen molar-refractivity contribution < 1.29 is 18.3 Å². The summed E-state index contributed by atoms with van der Waals surface area (Å²) in [6.07, 6.45) is 0.535. The topological polar surface area (TPSA) is 83.5 Å². The fraction of sp³-hybridized carbons (Fsp3) is 0.417. The Morgan fingerprint density at radius 3 is 2.55 bits per heavy atom. The molecule has 0 fully saturated rings. The molecule has 0 aliphatic carbocycles. The van der Waals surface area contributed by atoms with Gasteiger partial charge in [0.2, 0.25) is 10.0 Å². The molecule has 1 aromatic carbocycles. The van der Waals surface area contributed by atoms with Gasteiger partial charge in [-0.05, 0) is 24.1 Å². The number of carboxylic acids is 1. The number of nitrogens with one attached hydrogen (secondary N) is 1. The molecule has 2 N–H and O–H groups in total. The molecule has 5 nitrogen and oxygen atoms in total. The van der Waals surface area contributed by atoms with Crippen molar-refractivity contribution in [2.75, 3.05) is 0 Å². The molecule has 2 atom stereocenters. The number of carbonyl (C=O) groups is 1. The van der Waals surface area contributed by atoms with Crippen molar-refractivity contribution in [1.82, 2.24) is 4.72 Å². The van der Waals surface area contributed by atoms with Crippen molar-refractivity contribution in [3.05, 3.63) is 27.7 Å². The van der Waals surface area contributed by atoms with Gasteiger partial charge in [-0.15, -0.1) is 0 Å². The van der Waals surface area contributed by atoms with Crippen LogP contribution in [0.5, 0.6) is 0 Å². The van der Waals surface area contributed by atoms with Crippen LogP contribution in [0.1, 0.15) is 20.3 Å². The molecular formula is C12H15BrClNO4S. The zero-order valence-electron chi connectivity index (χ0n) is 10.9. The second kappa shape index (κ2) is 6.89. The molecule has 0 amide bonds. The van der Waals surface area contributed by atoms with Crippen LogP contribution in [0.15, 0.2) is 27.6 Å². The standard InChI is InChI=1S/C12H15BrClNO4S/c1-3-7(2)11(12(16)17)15-20(18,19)10-5-4-8(13)6-9(10)14/h4-7,11,15H,3H2,1-2H3,(H,16,17). The van der Waals surface area contributed by atoms with E-state index in [1.807, 2.05) is 0 Å². The van der Waals surface area contributed by atoms with E-state index < -0.39 is 22.0 Å². The highest BCUT2D eigenvalue weighted by atomic mass is 79.9. The number of sulfonamides is 1. The molecule has 0 aliphatic heterocycles. The molecular weight excluding hydrogens is 370 g/mol. The smallest absolute Gasteiger partial charge is 0.322 e. The summed E-state index contributed by atoms with van der Waals surface area (Å²) in [6.45, 7) is 3.46. The lowest BCUT2D eigenvalue weighted by Crippen LogP contribution is -2.44. The summed E-state index contributed by atoms with van der Waals surface area (Å²) in [5.74, 6) is -1.55. The van der Waals surface area contributed by atoms with Gasteiger partial charge in [0.05, 0.1) is 5.02 Å². The van der Waals surface area contributed by atoms with Crippen molar-refractivity contribution in [3.8, 4) is 0 Å². The first-order chi connectivity index (χ1) is 9.19. The molecule has 20 heavy (non-hydrogen) atoms. The first kappa shape index (κ1) is 17.4. The van der Waals surface area contributed by atoms with Crippen LogP contribution in [0.2, 0.25) is 5.02 Å². The molecule has 0 heterocycles. The Labute approximate surface area is 131 Å². The fourth-order valence-electron chi connectivity index (χ4n) is 1.57. The minimum atomic E-state index is -3.99. The number of carboxylic acid groups (broad SMARTS) is 1. The van der Waals surface area contributed by atoms with Crippen LogP contribution in [-0.2, 0) is 14.8 Å². The largest absolute Gasteiger partial charge is 0.480 e. The lowest BCUT2D eigenvalue weighted by molar-refractivity contribution is -0.140. The third kappa shape index (κ3) is 4.18. The van der Waals surface area contributed by atoms with Crippen LogP contribution >= 0.6 is 27.5 Å². The van der Waals surface area contributed by atoms with Gasteiger partial charge in [-0.2, -0.15) is 4.72 Å². The predicted octanol–water partition coefficient (Wildman–Crippen LogP) is 2.88. The predicted molar refractivity (Wildman–Crippen MR) is 80.4 cm³/mol. The molecule has 1 aromatic rings. The quantitative estimate of drug-likeness (QED) is 0.790. The normalized spacial score (nSPS) is 14.8. The maximum atomic E-state index is 12.2. The molecule has 112 valence electrons. The van der Waals surface area contributed by atoms with Gasteiger partial charge >= 0.3 is 5.97 Å². The number of aliphatic carboxylic acids is 1. The van der Waals surface area contributed by atoms with Crippen molar-refractivity contribution in [2.45, 2.75) is 31.2 Å². The molecule has 1 rings (SSSR count). The Hall–Kier alpha value is -0.630. The van der Waals surface area contributed by atoms with E-state index in [4.69, 9.17) is 16.7 Å². The van der Waals surface area contributed by atoms with Crippen molar-refractivity contribution in [3.63, 3.8) is 0 Å². The second-order valence-corrected chi connectivity index (χ2v) is 7.40. The Kier molecular flexibility index (Phi) is 6.00. The Morgan fingerprint density at radius 1 is 1.50 bits per heavy atom. The van der Waals surface area contributed by atoms with Crippen molar-refractivity contribution >= 4 is 43.5 Å². The van der Waals surface area contributed by atoms with Crippen LogP contribution in [0, 0.1) is 5.92 Å². The van der Waals surface area contributed by atoms with Gasteiger partial charge in [0.25, 0.3) is 0 Å². The summed E-state index contributed by atoms with van der Waals surface area (Å²) in [4.78, 5) is 11.0. The number of rotatable bonds is 6. The van der Waals surface area contributed by atoms with Crippen LogP contribution in [0.25, 0.3) is 0 Å². The first-order valence-electron chi connectivity index (χ1n) is 5.89. The highest BCUT2D eigenvalue weighted by Gasteiger charge is 2.30. The van der Waals surface area contributed by atoms with Crippen LogP contribution in [0.4, 0.5) is 0 Å². The molecule has 0 aliphatic rings. The van der Waals surface area contributed by atoms with Crippen LogP contribution in [0.3, 0.4) is 0 Å². The third-order valence-electron chi connectivity index (χ3n) is 2.94. The fourth-order valence-corrected chi connectivity index (χ4v) is 3.90. The van der Waals surface area contributed by atoms with Gasteiger partial charge in [-0.1, -0.05) is 47.8 Å². The van der Waals surface area contributed by atoms with E-state index in [1.165, 1.54) is 18.2 Å². The minimum Gasteiger partial charge on any atom is -0.480 e. The molecule has 2 unspecified atom stereocenters. The maximum absolute atomic E-state index is 12.2. The number of hydrogen-bond donors (Lipinski definition) is 2. The number of halogens is 2. The van der Waals surface area contributed by atoms with E-state index in [1.54, 1.807) is 13.8 Å². The van der Waals surface area contributed by atoms with Gasteiger partial charge in [0.15, 0.2) is 0 Å². The Bertz CT molecular complexity index is 605. The molecule has 0 radical (unpaired) electrons. The summed E-state index contributed by atoms with van der Waals surface area (Å²) >= 11 is 9.07. The van der Waals surface area contributed by atoms with Crippen LogP contribution in [-0.4, -0.2) is 25.5 Å². The summed E-state index contributed by atoms with van der Waals surface area (Å²) < 4.78 is 27.3. The van der Waals surface area contributed by atoms with E-state index >= 15 is 0 Å². The number of hydrogen-bond acceptors (Lipinski definition) is 3. The van der Waals surface area contributed by atoms with Gasteiger partial charge in [0.1, 0.15) is 10.9 Å². The van der Waals surface area contributed by atoms with Crippen molar-refractivity contribution in [2.24, 2.45) is 5.92 Å². The van der Waals surface area contributed by atoms with Gasteiger partial charge < -0.3 is 5.11 Å². The average Bonchev–Trinajstić information content (AvgIpc) is 2.34. The molecule has 0 spiro atoms. The first-order valence-corrected chi connectivity index (χ1v) is 8.54. The van der Waals surface area contributed by atoms with Crippen molar-refractivity contribution in [1.29, 1.82) is 0 Å². The minimum absolute atomic E-state index is 0.0279. The van der Waals surface area contributed by atoms with Gasteiger partial charge in [-0.25, -0.2) is 8.42 Å². The zero-order chi connectivity index (χ0) is 15.5. The SMILES string of the molecule is CCC(C)C(NS(=O)(=O)c1ccc(Br)cc1Cl)C(=O)O. The van der Waals surface area contributed by atoms with E-state index in [9.17, 15) is 13.2 Å². The zero-order valence-corrected chi connectivity index (χ0v) is 14.1. The lowest BCUT2D eigenvalue weighted by atomic mass is 10.0. The molecule has 0 bridgehead atoms. The summed E-state index contributed by atoms with van der Waals surface area (Å²) in [5.41, 5.74) is 0. The molecule has 0 saturated carbocycles. The van der Waals surface area contributed by atoms with Gasteiger partial charge in [-0.3, -0.25) is 4.79 Å². The third-order valence-corrected chi connectivity index (χ3v) is 5.36. The number of benzene rings is 1. The van der Waals surface area contributed by atoms with Gasteiger partial charge in [0, 0.05) is 4.47 Å². The van der Waals surface area contributed by atoms with E-state index in [2.05, 4.69) is 20.7 Å². The summed E-state index contributed by atoms with van der Waals surface area (Å²) in [6, 6.07) is 3.10. The average molecular weight is 385 g/mol. The Morgan fingerprint density at radius 2 is 2.10 bits per heavy atom. The van der Waals surface area contributed by atoms with E-state index in [-0.39, 0.29) is 15.8 Å². The summed E-state index contributed by atoms with van der Waals surface area (Å²) in [7, 11) is -3.99. The lowest BCUT2D eigenvalue weighted by Gasteiger charge is -2.20. The monoisotopic (exact) mass is 383 g/mol. The molecule has 0 saturated heterocycles.